The molecule has 1 aromatic heterocycles. The number of rotatable bonds is 5. The molecule has 2 aliphatic rings. The molecule has 29 heavy (non-hydrogen) atoms. The van der Waals surface area contributed by atoms with E-state index in [1.54, 1.807) is 12.1 Å². The molecule has 0 aliphatic carbocycles. The number of nitrogens with one attached hydrogen (secondary N) is 3. The highest BCUT2D eigenvalue weighted by Gasteiger charge is 2.36. The first-order chi connectivity index (χ1) is 13.6. The van der Waals surface area contributed by atoms with Crippen LogP contribution in [0.4, 0.5) is 4.39 Å². The molecule has 1 aromatic carbocycles. The van der Waals surface area contributed by atoms with Gasteiger partial charge in [-0.2, -0.15) is 0 Å². The van der Waals surface area contributed by atoms with Crippen LogP contribution in [0.2, 0.25) is 0 Å². The second kappa shape index (κ2) is 10.1. The quantitative estimate of drug-likeness (QED) is 0.322. The molecule has 2 aliphatic heterocycles. The van der Waals surface area contributed by atoms with Crippen LogP contribution in [0.1, 0.15) is 44.6 Å². The maximum atomic E-state index is 13.6. The average Bonchev–Trinajstić information content (AvgIpc) is 3.05. The predicted molar refractivity (Wildman–Crippen MR) is 129 cm³/mol. The number of guanidine groups is 1. The molecule has 160 valence electrons. The van der Waals surface area contributed by atoms with Crippen molar-refractivity contribution in [3.8, 4) is 0 Å². The van der Waals surface area contributed by atoms with E-state index >= 15 is 0 Å². The van der Waals surface area contributed by atoms with Gasteiger partial charge in [0.15, 0.2) is 5.96 Å². The van der Waals surface area contributed by atoms with E-state index in [0.29, 0.717) is 24.7 Å². The standard InChI is InChI=1S/C22H32FN5.HI/c1-3-24-22(27-17-12-18-5-4-6-19(13-17)28(18)2)25-10-9-15-14-26-21-8-7-16(23)11-20(15)21;/h7-8,11,14,17-19,26H,3-6,9-10,12-13H2,1-2H3,(H2,24,25,27);1H. The van der Waals surface area contributed by atoms with Gasteiger partial charge in [-0.1, -0.05) is 6.42 Å². The molecule has 0 radical (unpaired) electrons. The van der Waals surface area contributed by atoms with Gasteiger partial charge in [0.05, 0.1) is 0 Å². The average molecular weight is 513 g/mol. The smallest absolute Gasteiger partial charge is 0.191 e. The van der Waals surface area contributed by atoms with E-state index in [1.807, 2.05) is 6.20 Å². The lowest BCUT2D eigenvalue weighted by atomic mass is 9.82. The summed E-state index contributed by atoms with van der Waals surface area (Å²) < 4.78 is 13.6. The first kappa shape index (κ1) is 22.3. The van der Waals surface area contributed by atoms with Gasteiger partial charge in [0.1, 0.15) is 5.82 Å². The van der Waals surface area contributed by atoms with Crippen molar-refractivity contribution in [1.82, 2.24) is 20.5 Å². The van der Waals surface area contributed by atoms with Gasteiger partial charge in [0.25, 0.3) is 0 Å². The molecular weight excluding hydrogens is 480 g/mol. The van der Waals surface area contributed by atoms with E-state index in [-0.39, 0.29) is 29.8 Å². The fraction of sp³-hybridized carbons (Fsp3) is 0.591. The molecular formula is C22H33FIN5. The Labute approximate surface area is 189 Å². The number of piperidine rings is 2. The minimum Gasteiger partial charge on any atom is -0.361 e. The predicted octanol–water partition coefficient (Wildman–Crippen LogP) is 4.04. The number of H-pyrrole nitrogens is 1. The monoisotopic (exact) mass is 513 g/mol. The molecule has 2 aromatic rings. The van der Waals surface area contributed by atoms with E-state index in [1.165, 1.54) is 38.2 Å². The normalized spacial score (nSPS) is 24.9. The summed E-state index contributed by atoms with van der Waals surface area (Å²) in [6.45, 7) is 3.63. The number of hydrogen-bond donors (Lipinski definition) is 3. The zero-order valence-corrected chi connectivity index (χ0v) is 19.7. The third-order valence-electron chi connectivity index (χ3n) is 6.41. The van der Waals surface area contributed by atoms with Crippen LogP contribution in [0.3, 0.4) is 0 Å². The van der Waals surface area contributed by atoms with Gasteiger partial charge in [0, 0.05) is 48.3 Å². The molecule has 0 spiro atoms. The second-order valence-electron chi connectivity index (χ2n) is 8.23. The molecule has 7 heteroatoms. The van der Waals surface area contributed by atoms with E-state index in [2.05, 4.69) is 34.5 Å². The number of nitrogens with zero attached hydrogens (tertiary/aromatic N) is 2. The fourth-order valence-corrected chi connectivity index (χ4v) is 4.89. The summed E-state index contributed by atoms with van der Waals surface area (Å²) in [5.41, 5.74) is 2.09. The second-order valence-corrected chi connectivity index (χ2v) is 8.23. The number of aromatic amines is 1. The number of aliphatic imine (C=N–C) groups is 1. The lowest BCUT2D eigenvalue weighted by Gasteiger charge is -2.47. The van der Waals surface area contributed by atoms with Gasteiger partial charge in [-0.15, -0.1) is 24.0 Å². The minimum atomic E-state index is -0.195. The third kappa shape index (κ3) is 5.23. The van der Waals surface area contributed by atoms with Gasteiger partial charge in [-0.25, -0.2) is 4.39 Å². The number of aromatic nitrogens is 1. The van der Waals surface area contributed by atoms with E-state index in [0.717, 1.165) is 35.4 Å². The minimum absolute atomic E-state index is 0. The van der Waals surface area contributed by atoms with Crippen LogP contribution in [0, 0.1) is 5.82 Å². The summed E-state index contributed by atoms with van der Waals surface area (Å²) in [5.74, 6) is 0.709. The van der Waals surface area contributed by atoms with Crippen molar-refractivity contribution < 1.29 is 4.39 Å². The summed E-state index contributed by atoms with van der Waals surface area (Å²) in [5, 5.41) is 8.02. The van der Waals surface area contributed by atoms with Crippen LogP contribution in [0.15, 0.2) is 29.4 Å². The van der Waals surface area contributed by atoms with Gasteiger partial charge in [-0.3, -0.25) is 4.99 Å². The highest BCUT2D eigenvalue weighted by Crippen LogP contribution is 2.32. The Balaban J connectivity index is 0.00000240. The summed E-state index contributed by atoms with van der Waals surface area (Å²) in [6.07, 6.45) is 9.15. The van der Waals surface area contributed by atoms with Crippen LogP contribution in [0.5, 0.6) is 0 Å². The Kier molecular flexibility index (Phi) is 7.79. The molecule has 0 saturated carbocycles. The van der Waals surface area contributed by atoms with Crippen molar-refractivity contribution in [1.29, 1.82) is 0 Å². The van der Waals surface area contributed by atoms with Crippen LogP contribution in [0.25, 0.3) is 10.9 Å². The van der Waals surface area contributed by atoms with Gasteiger partial charge in [-0.05, 0) is 69.8 Å². The van der Waals surface area contributed by atoms with Crippen molar-refractivity contribution in [2.45, 2.75) is 63.6 Å². The largest absolute Gasteiger partial charge is 0.361 e. The maximum absolute atomic E-state index is 13.6. The van der Waals surface area contributed by atoms with Crippen molar-refractivity contribution in [2.75, 3.05) is 20.1 Å². The first-order valence-corrected chi connectivity index (χ1v) is 10.7. The van der Waals surface area contributed by atoms with Crippen LogP contribution in [-0.4, -0.2) is 54.1 Å². The molecule has 4 rings (SSSR count). The van der Waals surface area contributed by atoms with Crippen LogP contribution < -0.4 is 10.6 Å². The van der Waals surface area contributed by atoms with Crippen LogP contribution in [-0.2, 0) is 6.42 Å². The van der Waals surface area contributed by atoms with E-state index < -0.39 is 0 Å². The molecule has 2 atom stereocenters. The Morgan fingerprint density at radius 3 is 2.76 bits per heavy atom. The molecule has 3 heterocycles. The lowest BCUT2D eigenvalue weighted by molar-refractivity contribution is 0.0526. The molecule has 5 nitrogen and oxygen atoms in total. The Bertz CT molecular complexity index is 822. The molecule has 2 bridgehead atoms. The Morgan fingerprint density at radius 1 is 1.28 bits per heavy atom. The summed E-state index contributed by atoms with van der Waals surface area (Å²) in [6, 6.07) is 6.78. The molecule has 3 N–H and O–H groups in total. The number of hydrogen-bond acceptors (Lipinski definition) is 2. The van der Waals surface area contributed by atoms with Gasteiger partial charge >= 0.3 is 0 Å². The summed E-state index contributed by atoms with van der Waals surface area (Å²) >= 11 is 0. The molecule has 2 unspecified atom stereocenters. The molecule has 2 fully saturated rings. The third-order valence-corrected chi connectivity index (χ3v) is 6.41. The van der Waals surface area contributed by atoms with E-state index in [4.69, 9.17) is 4.99 Å². The van der Waals surface area contributed by atoms with Crippen molar-refractivity contribution >= 4 is 40.8 Å². The van der Waals surface area contributed by atoms with Crippen molar-refractivity contribution in [2.24, 2.45) is 4.99 Å². The van der Waals surface area contributed by atoms with Gasteiger partial charge in [0.2, 0.25) is 0 Å². The topological polar surface area (TPSA) is 55.5 Å². The summed E-state index contributed by atoms with van der Waals surface area (Å²) in [4.78, 5) is 10.6. The van der Waals surface area contributed by atoms with Gasteiger partial charge < -0.3 is 20.5 Å². The highest BCUT2D eigenvalue weighted by atomic mass is 127. The molecule has 0 amide bonds. The number of fused-ring (bicyclic) bond motifs is 3. The zero-order valence-electron chi connectivity index (χ0n) is 17.4. The highest BCUT2D eigenvalue weighted by molar-refractivity contribution is 14.0. The van der Waals surface area contributed by atoms with Crippen molar-refractivity contribution in [3.05, 3.63) is 35.8 Å². The number of benzene rings is 1. The first-order valence-electron chi connectivity index (χ1n) is 10.7. The zero-order chi connectivity index (χ0) is 19.5. The molecule has 2 saturated heterocycles. The maximum Gasteiger partial charge on any atom is 0.191 e. The lowest BCUT2D eigenvalue weighted by Crippen LogP contribution is -2.56. The summed E-state index contributed by atoms with van der Waals surface area (Å²) in [7, 11) is 2.29. The van der Waals surface area contributed by atoms with E-state index in [9.17, 15) is 4.39 Å². The van der Waals surface area contributed by atoms with Crippen LogP contribution >= 0.6 is 24.0 Å². The number of halogens is 2. The van der Waals surface area contributed by atoms with Crippen molar-refractivity contribution in [3.63, 3.8) is 0 Å². The Hall–Kier alpha value is -1.35. The SMILES string of the molecule is CCNC(=NCCc1c[nH]c2ccc(F)cc12)NC1CC2CCCC(C1)N2C.I. The fourth-order valence-electron chi connectivity index (χ4n) is 4.89. The Morgan fingerprint density at radius 2 is 2.03 bits per heavy atom.